The number of hydrogen-bond acceptors (Lipinski definition) is 4. The highest BCUT2D eigenvalue weighted by molar-refractivity contribution is 6.21. The molecule has 0 fully saturated rings. The Bertz CT molecular complexity index is 1150. The molecule has 4 rings (SSSR count). The molecule has 1 aliphatic rings. The maximum Gasteiger partial charge on any atom is 0.339 e. The lowest BCUT2D eigenvalue weighted by Gasteiger charge is -2.12. The second kappa shape index (κ2) is 5.95. The van der Waals surface area contributed by atoms with Gasteiger partial charge in [0.2, 0.25) is 0 Å². The topological polar surface area (TPSA) is 112 Å². The molecule has 0 atom stereocenters. The molecule has 1 aliphatic carbocycles. The molecule has 3 N–H and O–H groups in total. The fraction of sp³-hybridized carbons (Fsp3) is 0.0952. The van der Waals surface area contributed by atoms with Gasteiger partial charge in [-0.05, 0) is 46.9 Å². The first-order valence-corrected chi connectivity index (χ1v) is 8.30. The molecule has 0 unspecified atom stereocenters. The molecule has 0 saturated heterocycles. The zero-order chi connectivity index (χ0) is 19.3. The van der Waals surface area contributed by atoms with Gasteiger partial charge in [-0.3, -0.25) is 4.79 Å². The molecule has 27 heavy (non-hydrogen) atoms. The molecule has 6 heteroatoms. The number of phenols is 1. The van der Waals surface area contributed by atoms with E-state index < -0.39 is 34.6 Å². The Morgan fingerprint density at radius 1 is 0.741 bits per heavy atom. The maximum atomic E-state index is 13.2. The summed E-state index contributed by atoms with van der Waals surface area (Å²) >= 11 is 0. The number of carbonyl (C=O) groups excluding carboxylic acids is 1. The Morgan fingerprint density at radius 3 is 2.07 bits per heavy atom. The Hall–Kier alpha value is -3.67. The smallest absolute Gasteiger partial charge is 0.339 e. The molecule has 134 valence electrons. The monoisotopic (exact) mass is 362 g/mol. The molecular formula is C21H14O6. The van der Waals surface area contributed by atoms with E-state index >= 15 is 0 Å². The largest absolute Gasteiger partial charge is 0.507 e. The van der Waals surface area contributed by atoms with Crippen LogP contribution in [-0.2, 0) is 12.8 Å². The molecular weight excluding hydrogens is 348 g/mol. The van der Waals surface area contributed by atoms with Crippen LogP contribution in [0.5, 0.6) is 5.75 Å². The fourth-order valence-corrected chi connectivity index (χ4v) is 3.71. The standard InChI is InChI=1S/C21H14O6/c22-17-9-15(20(24)25)14(8-16(17)21(26)27)19(23)13-7-6-11-5-4-10-2-1-3-12(13)18(10)11/h1-3,6-9,22H,4-5H2,(H,24,25)(H,26,27). The van der Waals surface area contributed by atoms with Crippen molar-refractivity contribution in [1.29, 1.82) is 0 Å². The van der Waals surface area contributed by atoms with Gasteiger partial charge in [-0.1, -0.05) is 30.3 Å². The molecule has 0 bridgehead atoms. The first-order valence-electron chi connectivity index (χ1n) is 8.30. The van der Waals surface area contributed by atoms with Crippen molar-refractivity contribution in [1.82, 2.24) is 0 Å². The van der Waals surface area contributed by atoms with Gasteiger partial charge in [-0.15, -0.1) is 0 Å². The van der Waals surface area contributed by atoms with Crippen molar-refractivity contribution in [2.75, 3.05) is 0 Å². The predicted molar refractivity (Wildman–Crippen MR) is 96.8 cm³/mol. The van der Waals surface area contributed by atoms with Gasteiger partial charge in [0, 0.05) is 11.1 Å². The third-order valence-corrected chi connectivity index (χ3v) is 4.96. The van der Waals surface area contributed by atoms with Crippen LogP contribution in [0.2, 0.25) is 0 Å². The van der Waals surface area contributed by atoms with Crippen molar-refractivity contribution in [3.8, 4) is 5.75 Å². The van der Waals surface area contributed by atoms with Crippen molar-refractivity contribution >= 4 is 28.5 Å². The second-order valence-electron chi connectivity index (χ2n) is 6.47. The molecule has 0 aliphatic heterocycles. The number of aryl methyl sites for hydroxylation is 2. The van der Waals surface area contributed by atoms with Gasteiger partial charge in [-0.2, -0.15) is 0 Å². The third-order valence-electron chi connectivity index (χ3n) is 4.96. The minimum Gasteiger partial charge on any atom is -0.507 e. The number of carboxylic acids is 2. The molecule has 0 heterocycles. The molecule has 0 radical (unpaired) electrons. The summed E-state index contributed by atoms with van der Waals surface area (Å²) in [4.78, 5) is 36.0. The summed E-state index contributed by atoms with van der Waals surface area (Å²) in [6, 6.07) is 10.9. The van der Waals surface area contributed by atoms with E-state index in [-0.39, 0.29) is 5.56 Å². The lowest BCUT2D eigenvalue weighted by molar-refractivity contribution is 0.0676. The summed E-state index contributed by atoms with van der Waals surface area (Å²) in [6.07, 6.45) is 1.76. The van der Waals surface area contributed by atoms with Gasteiger partial charge in [-0.25, -0.2) is 9.59 Å². The zero-order valence-electron chi connectivity index (χ0n) is 14.0. The quantitative estimate of drug-likeness (QED) is 0.614. The van der Waals surface area contributed by atoms with Crippen molar-refractivity contribution in [2.24, 2.45) is 0 Å². The SMILES string of the molecule is O=C(O)c1cc(C(=O)c2ccc3c4c(cccc24)CC3)c(C(=O)O)cc1O. The summed E-state index contributed by atoms with van der Waals surface area (Å²) in [6.45, 7) is 0. The zero-order valence-corrected chi connectivity index (χ0v) is 14.0. The van der Waals surface area contributed by atoms with Crippen molar-refractivity contribution in [2.45, 2.75) is 12.8 Å². The van der Waals surface area contributed by atoms with Gasteiger partial charge >= 0.3 is 11.9 Å². The highest BCUT2D eigenvalue weighted by Crippen LogP contribution is 2.34. The first-order chi connectivity index (χ1) is 12.9. The molecule has 3 aromatic rings. The Kier molecular flexibility index (Phi) is 3.70. The number of aromatic hydroxyl groups is 1. The summed E-state index contributed by atoms with van der Waals surface area (Å²) in [7, 11) is 0. The van der Waals surface area contributed by atoms with Crippen LogP contribution in [0.3, 0.4) is 0 Å². The Labute approximate surface area is 153 Å². The van der Waals surface area contributed by atoms with Crippen LogP contribution in [-0.4, -0.2) is 33.0 Å². The van der Waals surface area contributed by atoms with Gasteiger partial charge in [0.1, 0.15) is 11.3 Å². The van der Waals surface area contributed by atoms with E-state index in [1.807, 2.05) is 18.2 Å². The molecule has 0 aromatic heterocycles. The van der Waals surface area contributed by atoms with Crippen LogP contribution in [0.15, 0.2) is 42.5 Å². The minimum atomic E-state index is -1.45. The Balaban J connectivity index is 1.97. The van der Waals surface area contributed by atoms with E-state index in [0.29, 0.717) is 10.9 Å². The second-order valence-corrected chi connectivity index (χ2v) is 6.47. The van der Waals surface area contributed by atoms with E-state index in [9.17, 15) is 29.7 Å². The van der Waals surface area contributed by atoms with Crippen LogP contribution in [0.1, 0.15) is 47.8 Å². The number of ketones is 1. The summed E-state index contributed by atoms with van der Waals surface area (Å²) in [5.41, 5.74) is 1.35. The van der Waals surface area contributed by atoms with E-state index in [0.717, 1.165) is 41.5 Å². The van der Waals surface area contributed by atoms with E-state index in [1.54, 1.807) is 12.1 Å². The normalized spacial score (nSPS) is 12.3. The van der Waals surface area contributed by atoms with E-state index in [2.05, 4.69) is 0 Å². The number of carboxylic acid groups (broad SMARTS) is 2. The van der Waals surface area contributed by atoms with Gasteiger partial charge < -0.3 is 15.3 Å². The number of rotatable bonds is 4. The predicted octanol–water partition coefficient (Wildman–Crippen LogP) is 3.27. The van der Waals surface area contributed by atoms with Crippen LogP contribution >= 0.6 is 0 Å². The van der Waals surface area contributed by atoms with Crippen LogP contribution in [0.4, 0.5) is 0 Å². The summed E-state index contributed by atoms with van der Waals surface area (Å²) < 4.78 is 0. The van der Waals surface area contributed by atoms with Crippen LogP contribution in [0, 0.1) is 0 Å². The third kappa shape index (κ3) is 2.54. The van der Waals surface area contributed by atoms with Crippen molar-refractivity contribution < 1.29 is 29.7 Å². The lowest BCUT2D eigenvalue weighted by Crippen LogP contribution is -2.12. The highest BCUT2D eigenvalue weighted by Gasteiger charge is 2.25. The van der Waals surface area contributed by atoms with Gasteiger partial charge in [0.15, 0.2) is 5.78 Å². The summed E-state index contributed by atoms with van der Waals surface area (Å²) in [5.74, 6) is -4.15. The van der Waals surface area contributed by atoms with E-state index in [1.165, 1.54) is 0 Å². The minimum absolute atomic E-state index is 0.267. The highest BCUT2D eigenvalue weighted by atomic mass is 16.4. The molecule has 3 aromatic carbocycles. The maximum absolute atomic E-state index is 13.2. The van der Waals surface area contributed by atoms with Gasteiger partial charge in [0.05, 0.1) is 5.56 Å². The number of hydrogen-bond donors (Lipinski definition) is 3. The molecule has 0 spiro atoms. The number of benzene rings is 3. The van der Waals surface area contributed by atoms with E-state index in [4.69, 9.17) is 0 Å². The Morgan fingerprint density at radius 2 is 1.41 bits per heavy atom. The van der Waals surface area contributed by atoms with Crippen molar-refractivity contribution in [3.63, 3.8) is 0 Å². The molecule has 0 amide bonds. The first kappa shape index (κ1) is 16.8. The van der Waals surface area contributed by atoms with Crippen LogP contribution < -0.4 is 0 Å². The average molecular weight is 362 g/mol. The van der Waals surface area contributed by atoms with Gasteiger partial charge in [0.25, 0.3) is 0 Å². The number of carbonyl (C=O) groups is 3. The lowest BCUT2D eigenvalue weighted by atomic mass is 9.91. The summed E-state index contributed by atoms with van der Waals surface area (Å²) in [5, 5.41) is 30.1. The number of aromatic carboxylic acids is 2. The van der Waals surface area contributed by atoms with Crippen LogP contribution in [0.25, 0.3) is 10.8 Å². The molecule has 0 saturated carbocycles. The average Bonchev–Trinajstić information content (AvgIpc) is 3.06. The fourth-order valence-electron chi connectivity index (χ4n) is 3.71. The molecule has 6 nitrogen and oxygen atoms in total. The van der Waals surface area contributed by atoms with Crippen molar-refractivity contribution in [3.05, 3.63) is 75.8 Å².